The Balaban J connectivity index is 2.48. The van der Waals surface area contributed by atoms with E-state index in [0.29, 0.717) is 12.3 Å². The van der Waals surface area contributed by atoms with Gasteiger partial charge in [0, 0.05) is 24.8 Å². The van der Waals surface area contributed by atoms with Crippen molar-refractivity contribution in [1.29, 1.82) is 0 Å². The first-order valence-electron chi connectivity index (χ1n) is 6.44. The Bertz CT molecular complexity index is 714. The first-order valence-corrected chi connectivity index (χ1v) is 6.44. The molecule has 1 heterocycles. The summed E-state index contributed by atoms with van der Waals surface area (Å²) < 4.78 is 51.5. The number of halogens is 3. The molecule has 0 bridgehead atoms. The molecule has 2 aromatic rings. The lowest BCUT2D eigenvalue weighted by Crippen LogP contribution is -2.07. The van der Waals surface area contributed by atoms with E-state index in [1.165, 1.54) is 7.11 Å². The largest absolute Gasteiger partial charge is 0.491 e. The fraction of sp³-hybridized carbons (Fsp3) is 0.200. The van der Waals surface area contributed by atoms with E-state index in [9.17, 15) is 18.0 Å². The summed E-state index contributed by atoms with van der Waals surface area (Å²) in [6.07, 6.45) is 0.658. The molecule has 0 aliphatic rings. The summed E-state index contributed by atoms with van der Waals surface area (Å²) in [5.74, 6) is -4.72. The molecule has 8 heteroatoms. The van der Waals surface area contributed by atoms with Gasteiger partial charge in [-0.2, -0.15) is 0 Å². The van der Waals surface area contributed by atoms with Gasteiger partial charge in [0.2, 0.25) is 0 Å². The van der Waals surface area contributed by atoms with Crippen LogP contribution in [0.25, 0.3) is 11.1 Å². The number of pyridine rings is 1. The summed E-state index contributed by atoms with van der Waals surface area (Å²) in [5.41, 5.74) is -1.83. The molecule has 0 saturated carbocycles. The Hall–Kier alpha value is -2.61. The van der Waals surface area contributed by atoms with Crippen LogP contribution in [0.5, 0.6) is 5.75 Å². The van der Waals surface area contributed by atoms with Crippen molar-refractivity contribution >= 4 is 5.97 Å². The topological polar surface area (TPSA) is 68.7 Å². The third-order valence-electron chi connectivity index (χ3n) is 2.90. The molecule has 5 nitrogen and oxygen atoms in total. The second kappa shape index (κ2) is 7.10. The van der Waals surface area contributed by atoms with Gasteiger partial charge in [-0.05, 0) is 6.07 Å². The Morgan fingerprint density at radius 2 is 1.83 bits per heavy atom. The standard InChI is InChI=1S/C15H12F3NO4/c1-22-2-3-23-9-5-11(17)13(12(18)6-9)10-4-8(16)7-19-14(10)15(20)21/h4-7H,2-3H2,1H3,(H,20,21). The number of carbonyl (C=O) groups is 1. The fourth-order valence-electron chi connectivity index (χ4n) is 1.93. The molecule has 23 heavy (non-hydrogen) atoms. The molecular weight excluding hydrogens is 315 g/mol. The molecule has 1 aromatic carbocycles. The number of aromatic nitrogens is 1. The van der Waals surface area contributed by atoms with Crippen LogP contribution in [0.3, 0.4) is 0 Å². The van der Waals surface area contributed by atoms with Crippen molar-refractivity contribution in [1.82, 2.24) is 4.98 Å². The molecule has 0 fully saturated rings. The molecule has 2 rings (SSSR count). The van der Waals surface area contributed by atoms with Crippen molar-refractivity contribution < 1.29 is 32.5 Å². The number of carboxylic acid groups (broad SMARTS) is 1. The van der Waals surface area contributed by atoms with E-state index in [1.807, 2.05) is 0 Å². The lowest BCUT2D eigenvalue weighted by molar-refractivity contribution is 0.0691. The zero-order chi connectivity index (χ0) is 17.0. The fourth-order valence-corrected chi connectivity index (χ4v) is 1.93. The second-order valence-electron chi connectivity index (χ2n) is 4.46. The van der Waals surface area contributed by atoms with E-state index in [0.717, 1.165) is 12.1 Å². The van der Waals surface area contributed by atoms with Gasteiger partial charge >= 0.3 is 5.97 Å². The Labute approximate surface area is 129 Å². The summed E-state index contributed by atoms with van der Waals surface area (Å²) in [4.78, 5) is 14.5. The van der Waals surface area contributed by atoms with Crippen molar-refractivity contribution in [3.63, 3.8) is 0 Å². The third kappa shape index (κ3) is 3.78. The summed E-state index contributed by atoms with van der Waals surface area (Å²) in [6.45, 7) is 0.304. The average Bonchev–Trinajstić information content (AvgIpc) is 2.46. The van der Waals surface area contributed by atoms with Gasteiger partial charge in [-0.1, -0.05) is 0 Å². The van der Waals surface area contributed by atoms with Gasteiger partial charge < -0.3 is 14.6 Å². The quantitative estimate of drug-likeness (QED) is 0.826. The minimum Gasteiger partial charge on any atom is -0.491 e. The van der Waals surface area contributed by atoms with Gasteiger partial charge in [0.25, 0.3) is 0 Å². The van der Waals surface area contributed by atoms with Crippen LogP contribution in [0.1, 0.15) is 10.5 Å². The number of carboxylic acids is 1. The molecule has 0 atom stereocenters. The number of aromatic carboxylic acids is 1. The monoisotopic (exact) mass is 327 g/mol. The van der Waals surface area contributed by atoms with Crippen molar-refractivity contribution in [3.8, 4) is 16.9 Å². The van der Waals surface area contributed by atoms with Crippen LogP contribution in [-0.4, -0.2) is 36.4 Å². The van der Waals surface area contributed by atoms with Crippen molar-refractivity contribution in [2.45, 2.75) is 0 Å². The van der Waals surface area contributed by atoms with Crippen molar-refractivity contribution in [2.24, 2.45) is 0 Å². The van der Waals surface area contributed by atoms with Crippen molar-refractivity contribution in [2.75, 3.05) is 20.3 Å². The minimum atomic E-state index is -1.53. The highest BCUT2D eigenvalue weighted by atomic mass is 19.1. The zero-order valence-electron chi connectivity index (χ0n) is 12.0. The van der Waals surface area contributed by atoms with Crippen LogP contribution < -0.4 is 4.74 Å². The predicted molar refractivity (Wildman–Crippen MR) is 73.9 cm³/mol. The van der Waals surface area contributed by atoms with E-state index < -0.39 is 40.2 Å². The Morgan fingerprint density at radius 1 is 1.17 bits per heavy atom. The Morgan fingerprint density at radius 3 is 2.39 bits per heavy atom. The summed E-state index contributed by atoms with van der Waals surface area (Å²) in [7, 11) is 1.44. The van der Waals surface area contributed by atoms with E-state index >= 15 is 0 Å². The first-order chi connectivity index (χ1) is 10.9. The minimum absolute atomic E-state index is 0.0800. The molecule has 122 valence electrons. The van der Waals surface area contributed by atoms with Gasteiger partial charge in [0.05, 0.1) is 18.4 Å². The van der Waals surface area contributed by atoms with Crippen molar-refractivity contribution in [3.05, 3.63) is 47.5 Å². The highest BCUT2D eigenvalue weighted by Crippen LogP contribution is 2.32. The molecule has 1 aromatic heterocycles. The van der Waals surface area contributed by atoms with Crippen LogP contribution >= 0.6 is 0 Å². The highest BCUT2D eigenvalue weighted by molar-refractivity contribution is 5.94. The lowest BCUT2D eigenvalue weighted by atomic mass is 10.0. The molecule has 0 spiro atoms. The van der Waals surface area contributed by atoms with E-state index in [2.05, 4.69) is 4.98 Å². The third-order valence-corrected chi connectivity index (χ3v) is 2.90. The lowest BCUT2D eigenvalue weighted by Gasteiger charge is -2.11. The van der Waals surface area contributed by atoms with Gasteiger partial charge in [-0.15, -0.1) is 0 Å². The van der Waals surface area contributed by atoms with Crippen LogP contribution in [-0.2, 0) is 4.74 Å². The van der Waals surface area contributed by atoms with E-state index in [4.69, 9.17) is 14.6 Å². The molecule has 0 aliphatic carbocycles. The predicted octanol–water partition coefficient (Wildman–Crippen LogP) is 2.89. The van der Waals surface area contributed by atoms with Gasteiger partial charge in [-0.3, -0.25) is 0 Å². The molecule has 0 unspecified atom stereocenters. The molecule has 0 radical (unpaired) electrons. The maximum Gasteiger partial charge on any atom is 0.355 e. The zero-order valence-corrected chi connectivity index (χ0v) is 12.0. The summed E-state index contributed by atoms with van der Waals surface area (Å²) in [5, 5.41) is 9.03. The van der Waals surface area contributed by atoms with Crippen LogP contribution in [0, 0.1) is 17.5 Å². The Kier molecular flexibility index (Phi) is 5.17. The molecular formula is C15H12F3NO4. The molecule has 0 amide bonds. The molecule has 0 saturated heterocycles. The van der Waals surface area contributed by atoms with Crippen LogP contribution in [0.2, 0.25) is 0 Å². The van der Waals surface area contributed by atoms with Crippen LogP contribution in [0.4, 0.5) is 13.2 Å². The highest BCUT2D eigenvalue weighted by Gasteiger charge is 2.22. The smallest absolute Gasteiger partial charge is 0.355 e. The van der Waals surface area contributed by atoms with Gasteiger partial charge in [-0.25, -0.2) is 22.9 Å². The molecule has 0 aliphatic heterocycles. The maximum atomic E-state index is 14.2. The maximum absolute atomic E-state index is 14.2. The number of ether oxygens (including phenoxy) is 2. The second-order valence-corrected chi connectivity index (χ2v) is 4.46. The van der Waals surface area contributed by atoms with Gasteiger partial charge in [0.1, 0.15) is 29.8 Å². The normalized spacial score (nSPS) is 10.6. The van der Waals surface area contributed by atoms with Gasteiger partial charge in [0.15, 0.2) is 5.69 Å². The van der Waals surface area contributed by atoms with E-state index in [1.54, 1.807) is 0 Å². The summed E-state index contributed by atoms with van der Waals surface area (Å²) in [6, 6.07) is 2.47. The first kappa shape index (κ1) is 16.8. The summed E-state index contributed by atoms with van der Waals surface area (Å²) >= 11 is 0. The number of hydrogen-bond acceptors (Lipinski definition) is 4. The number of methoxy groups -OCH3 is 1. The number of rotatable bonds is 6. The number of nitrogens with zero attached hydrogens (tertiary/aromatic N) is 1. The number of hydrogen-bond donors (Lipinski definition) is 1. The van der Waals surface area contributed by atoms with Crippen LogP contribution in [0.15, 0.2) is 24.4 Å². The SMILES string of the molecule is COCCOc1cc(F)c(-c2cc(F)cnc2C(=O)O)c(F)c1. The van der Waals surface area contributed by atoms with E-state index in [-0.39, 0.29) is 19.0 Å². The number of benzene rings is 1. The molecule has 1 N–H and O–H groups in total. The average molecular weight is 327 g/mol.